The van der Waals surface area contributed by atoms with Crippen molar-refractivity contribution in [3.8, 4) is 0 Å². The van der Waals surface area contributed by atoms with Crippen molar-refractivity contribution in [3.63, 3.8) is 0 Å². The quantitative estimate of drug-likeness (QED) is 0.346. The largest absolute Gasteiger partial charge is 0.316 e. The topological polar surface area (TPSA) is 72.2 Å². The minimum Gasteiger partial charge on any atom is -0.316 e. The molecule has 2 bridgehead atoms. The van der Waals surface area contributed by atoms with Crippen LogP contribution >= 0.6 is 0 Å². The molecule has 0 saturated carbocycles. The molecule has 0 atom stereocenters. The van der Waals surface area contributed by atoms with Gasteiger partial charge in [-0.3, -0.25) is 0 Å². The molecule has 0 aliphatic carbocycles. The number of fused-ring (bicyclic) bond motifs is 18. The van der Waals surface area contributed by atoms with Crippen molar-refractivity contribution in [1.29, 1.82) is 0 Å². The Balaban J connectivity index is 2.27. The van der Waals surface area contributed by atoms with E-state index in [0.29, 0.717) is 0 Å². The first kappa shape index (κ1) is 27.0. The summed E-state index contributed by atoms with van der Waals surface area (Å²) in [6, 6.07) is 0. The Hall–Kier alpha value is -0.240. The fraction of sp³-hybridized carbons (Fsp3) is 1.00. The molecule has 3 saturated heterocycles. The second-order valence-electron chi connectivity index (χ2n) is 13.7. The van der Waals surface area contributed by atoms with Gasteiger partial charge in [-0.1, -0.05) is 55.4 Å². The molecule has 184 valence electrons. The summed E-state index contributed by atoms with van der Waals surface area (Å²) in [5, 5.41) is 22.9. The Bertz CT molecular complexity index is 428. The van der Waals surface area contributed by atoms with Gasteiger partial charge in [-0.2, -0.15) is 0 Å². The molecule has 0 aromatic heterocycles. The highest BCUT2D eigenvalue weighted by Gasteiger charge is 2.31. The van der Waals surface area contributed by atoms with Crippen LogP contribution < -0.4 is 31.9 Å². The molecule has 6 N–H and O–H groups in total. The van der Waals surface area contributed by atoms with E-state index in [9.17, 15) is 0 Å². The molecule has 3 heterocycles. The van der Waals surface area contributed by atoms with Crippen LogP contribution in [0.15, 0.2) is 0 Å². The molecule has 0 aromatic carbocycles. The number of hydrogen-bond donors (Lipinski definition) is 6. The lowest BCUT2D eigenvalue weighted by Crippen LogP contribution is -2.55. The van der Waals surface area contributed by atoms with Gasteiger partial charge in [0, 0.05) is 89.4 Å². The summed E-state index contributed by atoms with van der Waals surface area (Å²) in [6.07, 6.45) is 0. The molecule has 0 spiro atoms. The smallest absolute Gasteiger partial charge is 0.00490 e. The zero-order valence-electron chi connectivity index (χ0n) is 22.0. The molecule has 3 aliphatic rings. The molecule has 0 amide bonds. The zero-order valence-corrected chi connectivity index (χ0v) is 22.0. The number of rotatable bonds is 0. The highest BCUT2D eigenvalue weighted by Crippen LogP contribution is 2.22. The molecule has 6 nitrogen and oxygen atoms in total. The normalized spacial score (nSPS) is 36.4. The van der Waals surface area contributed by atoms with Crippen LogP contribution in [0.3, 0.4) is 0 Å². The third-order valence-corrected chi connectivity index (χ3v) is 6.93. The average molecular weight is 439 g/mol. The SMILES string of the molecule is CC1(C)CNCC2(C)CNCC(C)(C)CNCC(C)(CNC1)CNCC(C)(C)CNC2. The van der Waals surface area contributed by atoms with Crippen LogP contribution in [0.25, 0.3) is 0 Å². The molecule has 3 aliphatic heterocycles. The first-order chi connectivity index (χ1) is 14.2. The van der Waals surface area contributed by atoms with Crippen LogP contribution in [0.4, 0.5) is 0 Å². The van der Waals surface area contributed by atoms with Gasteiger partial charge >= 0.3 is 0 Å². The van der Waals surface area contributed by atoms with Crippen molar-refractivity contribution in [1.82, 2.24) is 31.9 Å². The molecule has 3 rings (SSSR count). The van der Waals surface area contributed by atoms with Crippen molar-refractivity contribution < 1.29 is 0 Å². The molecular formula is C25H54N6. The molecule has 31 heavy (non-hydrogen) atoms. The highest BCUT2D eigenvalue weighted by molar-refractivity contribution is 4.90. The Morgan fingerprint density at radius 3 is 0.613 bits per heavy atom. The van der Waals surface area contributed by atoms with Gasteiger partial charge in [0.05, 0.1) is 0 Å². The van der Waals surface area contributed by atoms with E-state index < -0.39 is 0 Å². The predicted octanol–water partition coefficient (Wildman–Crippen LogP) is 1.64. The van der Waals surface area contributed by atoms with Gasteiger partial charge in [0.25, 0.3) is 0 Å². The van der Waals surface area contributed by atoms with E-state index in [4.69, 9.17) is 0 Å². The van der Waals surface area contributed by atoms with Gasteiger partial charge in [-0.25, -0.2) is 0 Å². The summed E-state index contributed by atoms with van der Waals surface area (Å²) in [5.41, 5.74) is 1.01. The third-order valence-electron chi connectivity index (χ3n) is 6.93. The fourth-order valence-corrected chi connectivity index (χ4v) is 4.78. The van der Waals surface area contributed by atoms with Crippen LogP contribution in [0.5, 0.6) is 0 Å². The molecule has 3 fully saturated rings. The van der Waals surface area contributed by atoms with Gasteiger partial charge < -0.3 is 31.9 Å². The van der Waals surface area contributed by atoms with Crippen molar-refractivity contribution in [2.75, 3.05) is 78.5 Å². The second-order valence-corrected chi connectivity index (χ2v) is 13.7. The summed E-state index contributed by atoms with van der Waals surface area (Å²) in [7, 11) is 0. The Morgan fingerprint density at radius 1 is 0.290 bits per heavy atom. The molecule has 0 aromatic rings. The van der Waals surface area contributed by atoms with E-state index in [0.717, 1.165) is 78.5 Å². The van der Waals surface area contributed by atoms with Crippen LogP contribution in [0.2, 0.25) is 0 Å². The Labute approximate surface area is 193 Å². The van der Waals surface area contributed by atoms with Crippen LogP contribution in [-0.2, 0) is 0 Å². The van der Waals surface area contributed by atoms with Gasteiger partial charge in [0.15, 0.2) is 0 Å². The summed E-state index contributed by atoms with van der Waals surface area (Å²) in [4.78, 5) is 0. The minimum atomic E-state index is 0.170. The monoisotopic (exact) mass is 438 g/mol. The van der Waals surface area contributed by atoms with Gasteiger partial charge in [-0.05, 0) is 16.2 Å². The number of nitrogens with one attached hydrogen (secondary N) is 6. The van der Waals surface area contributed by atoms with Gasteiger partial charge in [-0.15, -0.1) is 0 Å². The maximum Gasteiger partial charge on any atom is 0.00490 e. The lowest BCUT2D eigenvalue weighted by atomic mass is 9.84. The average Bonchev–Trinajstić information content (AvgIpc) is 2.59. The molecule has 6 heteroatoms. The Morgan fingerprint density at radius 2 is 0.452 bits per heavy atom. The molecule has 0 radical (unpaired) electrons. The number of hydrogen-bond acceptors (Lipinski definition) is 6. The maximum absolute atomic E-state index is 3.82. The van der Waals surface area contributed by atoms with E-state index in [1.54, 1.807) is 0 Å². The Kier molecular flexibility index (Phi) is 9.40. The summed E-state index contributed by atoms with van der Waals surface area (Å²) < 4.78 is 0. The van der Waals surface area contributed by atoms with E-state index in [1.165, 1.54) is 0 Å². The molecule has 0 unspecified atom stereocenters. The first-order valence-corrected chi connectivity index (χ1v) is 12.5. The first-order valence-electron chi connectivity index (χ1n) is 12.5. The summed E-state index contributed by atoms with van der Waals surface area (Å²) in [6.45, 7) is 31.3. The summed E-state index contributed by atoms with van der Waals surface area (Å²) >= 11 is 0. The van der Waals surface area contributed by atoms with Crippen LogP contribution in [0, 0.1) is 27.1 Å². The fourth-order valence-electron chi connectivity index (χ4n) is 4.78. The molecular weight excluding hydrogens is 384 g/mol. The lowest BCUT2D eigenvalue weighted by Gasteiger charge is -2.39. The van der Waals surface area contributed by atoms with E-state index in [-0.39, 0.29) is 27.1 Å². The van der Waals surface area contributed by atoms with Gasteiger partial charge in [0.2, 0.25) is 0 Å². The third kappa shape index (κ3) is 10.1. The van der Waals surface area contributed by atoms with Crippen molar-refractivity contribution >= 4 is 0 Å². The lowest BCUT2D eigenvalue weighted by molar-refractivity contribution is 0.188. The minimum absolute atomic E-state index is 0.170. The van der Waals surface area contributed by atoms with E-state index in [2.05, 4.69) is 87.3 Å². The van der Waals surface area contributed by atoms with Gasteiger partial charge in [0.1, 0.15) is 0 Å². The standard InChI is InChI=1S/C25H54N6/c1-21(2)9-26-15-24(7)17-28-11-22(3,4)12-29-18-25(8,16-27-10-21)20-31-14-23(5,6)13-30-19-24/h26-31H,9-20H2,1-8H3. The highest BCUT2D eigenvalue weighted by atomic mass is 15.0. The summed E-state index contributed by atoms with van der Waals surface area (Å²) in [5.74, 6) is 0. The van der Waals surface area contributed by atoms with Crippen LogP contribution in [0.1, 0.15) is 55.4 Å². The van der Waals surface area contributed by atoms with Crippen molar-refractivity contribution in [3.05, 3.63) is 0 Å². The second kappa shape index (κ2) is 10.8. The maximum atomic E-state index is 3.82. The van der Waals surface area contributed by atoms with E-state index >= 15 is 0 Å². The van der Waals surface area contributed by atoms with Crippen LogP contribution in [-0.4, -0.2) is 78.5 Å². The van der Waals surface area contributed by atoms with E-state index in [1.807, 2.05) is 0 Å². The van der Waals surface area contributed by atoms with Crippen molar-refractivity contribution in [2.45, 2.75) is 55.4 Å². The zero-order chi connectivity index (χ0) is 23.2. The predicted molar refractivity (Wildman–Crippen MR) is 135 cm³/mol. The van der Waals surface area contributed by atoms with Crippen molar-refractivity contribution in [2.24, 2.45) is 27.1 Å².